The highest BCUT2D eigenvalue weighted by atomic mass is 19.1. The average molecular weight is 309 g/mol. The summed E-state index contributed by atoms with van der Waals surface area (Å²) < 4.78 is 13.3. The van der Waals surface area contributed by atoms with E-state index in [0.29, 0.717) is 6.54 Å². The SMILES string of the molecule is CCCCCCCCCN(CCC(=O)O)c1cccc(F)c1. The first-order valence-corrected chi connectivity index (χ1v) is 8.35. The van der Waals surface area contributed by atoms with E-state index in [9.17, 15) is 9.18 Å². The molecule has 124 valence electrons. The minimum absolute atomic E-state index is 0.0764. The quantitative estimate of drug-likeness (QED) is 0.561. The van der Waals surface area contributed by atoms with E-state index in [1.54, 1.807) is 6.07 Å². The van der Waals surface area contributed by atoms with Gasteiger partial charge in [-0.1, -0.05) is 51.5 Å². The fourth-order valence-electron chi connectivity index (χ4n) is 2.53. The fraction of sp³-hybridized carbons (Fsp3) is 0.611. The van der Waals surface area contributed by atoms with Gasteiger partial charge in [0.1, 0.15) is 5.82 Å². The maximum atomic E-state index is 13.3. The van der Waals surface area contributed by atoms with Crippen molar-refractivity contribution in [1.82, 2.24) is 0 Å². The molecule has 0 amide bonds. The smallest absolute Gasteiger partial charge is 0.305 e. The standard InChI is InChI=1S/C18H28FNO2/c1-2-3-4-5-6-7-8-13-20(14-12-18(21)22)17-11-9-10-16(19)15-17/h9-11,15H,2-8,12-14H2,1H3,(H,21,22). The van der Waals surface area contributed by atoms with E-state index >= 15 is 0 Å². The van der Waals surface area contributed by atoms with Crippen LogP contribution in [0, 0.1) is 5.82 Å². The van der Waals surface area contributed by atoms with Crippen LogP contribution in [0.25, 0.3) is 0 Å². The number of nitrogens with zero attached hydrogens (tertiary/aromatic N) is 1. The lowest BCUT2D eigenvalue weighted by Gasteiger charge is -2.24. The molecule has 1 aromatic carbocycles. The van der Waals surface area contributed by atoms with Crippen molar-refractivity contribution in [1.29, 1.82) is 0 Å². The van der Waals surface area contributed by atoms with Crippen molar-refractivity contribution < 1.29 is 14.3 Å². The number of unbranched alkanes of at least 4 members (excludes halogenated alkanes) is 6. The van der Waals surface area contributed by atoms with Crippen molar-refractivity contribution in [2.24, 2.45) is 0 Å². The van der Waals surface area contributed by atoms with Crippen molar-refractivity contribution in [3.8, 4) is 0 Å². The first-order valence-electron chi connectivity index (χ1n) is 8.35. The van der Waals surface area contributed by atoms with Crippen molar-refractivity contribution in [2.45, 2.75) is 58.3 Å². The number of hydrogen-bond acceptors (Lipinski definition) is 2. The van der Waals surface area contributed by atoms with Crippen molar-refractivity contribution in [2.75, 3.05) is 18.0 Å². The first-order chi connectivity index (χ1) is 10.6. The van der Waals surface area contributed by atoms with Gasteiger partial charge >= 0.3 is 5.97 Å². The monoisotopic (exact) mass is 309 g/mol. The Kier molecular flexibility index (Phi) is 9.28. The molecule has 0 spiro atoms. The van der Waals surface area contributed by atoms with Crippen LogP contribution in [0.5, 0.6) is 0 Å². The Balaban J connectivity index is 2.40. The molecule has 0 aromatic heterocycles. The highest BCUT2D eigenvalue weighted by Gasteiger charge is 2.09. The molecule has 0 aliphatic heterocycles. The summed E-state index contributed by atoms with van der Waals surface area (Å²) >= 11 is 0. The molecule has 0 aliphatic rings. The molecule has 0 fully saturated rings. The molecule has 0 bridgehead atoms. The number of carboxylic acids is 1. The second-order valence-corrected chi connectivity index (χ2v) is 5.73. The van der Waals surface area contributed by atoms with Crippen LogP contribution in [0.1, 0.15) is 58.3 Å². The van der Waals surface area contributed by atoms with Gasteiger partial charge < -0.3 is 10.0 Å². The molecule has 3 nitrogen and oxygen atoms in total. The molecular weight excluding hydrogens is 281 g/mol. The van der Waals surface area contributed by atoms with Crippen LogP contribution in [-0.4, -0.2) is 24.2 Å². The third kappa shape index (κ3) is 8.01. The second-order valence-electron chi connectivity index (χ2n) is 5.73. The Labute approximate surface area is 133 Å². The Hall–Kier alpha value is -1.58. The van der Waals surface area contributed by atoms with Gasteiger partial charge in [-0.15, -0.1) is 0 Å². The summed E-state index contributed by atoms with van der Waals surface area (Å²) in [5.74, 6) is -1.10. The number of carboxylic acid groups (broad SMARTS) is 1. The van der Waals surface area contributed by atoms with Gasteiger partial charge in [-0.2, -0.15) is 0 Å². The predicted molar refractivity (Wildman–Crippen MR) is 88.9 cm³/mol. The lowest BCUT2D eigenvalue weighted by Crippen LogP contribution is -2.27. The molecule has 0 heterocycles. The summed E-state index contributed by atoms with van der Waals surface area (Å²) in [5.41, 5.74) is 0.771. The zero-order chi connectivity index (χ0) is 16.2. The Morgan fingerprint density at radius 1 is 1.09 bits per heavy atom. The lowest BCUT2D eigenvalue weighted by molar-refractivity contribution is -0.136. The van der Waals surface area contributed by atoms with Crippen LogP contribution in [0.3, 0.4) is 0 Å². The summed E-state index contributed by atoms with van der Waals surface area (Å²) in [5, 5.41) is 8.86. The van der Waals surface area contributed by atoms with Gasteiger partial charge in [0.15, 0.2) is 0 Å². The molecule has 0 radical (unpaired) electrons. The summed E-state index contributed by atoms with van der Waals surface area (Å²) in [4.78, 5) is 12.8. The third-order valence-electron chi connectivity index (χ3n) is 3.80. The molecule has 0 atom stereocenters. The minimum atomic E-state index is -0.819. The number of rotatable bonds is 12. The van der Waals surface area contributed by atoms with Crippen LogP contribution in [0.4, 0.5) is 10.1 Å². The topological polar surface area (TPSA) is 40.5 Å². The van der Waals surface area contributed by atoms with E-state index in [-0.39, 0.29) is 12.2 Å². The van der Waals surface area contributed by atoms with Gasteiger partial charge in [0, 0.05) is 18.8 Å². The van der Waals surface area contributed by atoms with E-state index in [4.69, 9.17) is 5.11 Å². The highest BCUT2D eigenvalue weighted by molar-refractivity contribution is 5.67. The molecule has 0 saturated carbocycles. The average Bonchev–Trinajstić information content (AvgIpc) is 2.49. The van der Waals surface area contributed by atoms with Crippen LogP contribution < -0.4 is 4.90 Å². The number of aliphatic carboxylic acids is 1. The largest absolute Gasteiger partial charge is 0.481 e. The van der Waals surface area contributed by atoms with Gasteiger partial charge in [-0.3, -0.25) is 4.79 Å². The van der Waals surface area contributed by atoms with Gasteiger partial charge in [-0.05, 0) is 24.6 Å². The number of halogens is 1. The lowest BCUT2D eigenvalue weighted by atomic mass is 10.1. The van der Waals surface area contributed by atoms with Crippen LogP contribution in [-0.2, 0) is 4.79 Å². The van der Waals surface area contributed by atoms with Crippen molar-refractivity contribution >= 4 is 11.7 Å². The molecule has 0 aliphatic carbocycles. The number of benzene rings is 1. The van der Waals surface area contributed by atoms with E-state index < -0.39 is 5.97 Å². The zero-order valence-electron chi connectivity index (χ0n) is 13.6. The van der Waals surface area contributed by atoms with E-state index in [1.807, 2.05) is 11.0 Å². The molecule has 4 heteroatoms. The molecule has 22 heavy (non-hydrogen) atoms. The molecule has 0 unspecified atom stereocenters. The number of carbonyl (C=O) groups is 1. The van der Waals surface area contributed by atoms with Crippen LogP contribution in [0.15, 0.2) is 24.3 Å². The molecule has 1 aromatic rings. The van der Waals surface area contributed by atoms with E-state index in [0.717, 1.165) is 25.1 Å². The fourth-order valence-corrected chi connectivity index (χ4v) is 2.53. The normalized spacial score (nSPS) is 10.6. The maximum Gasteiger partial charge on any atom is 0.305 e. The van der Waals surface area contributed by atoms with E-state index in [1.165, 1.54) is 44.2 Å². The van der Waals surface area contributed by atoms with Gasteiger partial charge in [0.25, 0.3) is 0 Å². The summed E-state index contributed by atoms with van der Waals surface area (Å²) in [7, 11) is 0. The second kappa shape index (κ2) is 11.0. The molecular formula is C18H28FNO2. The van der Waals surface area contributed by atoms with Crippen LogP contribution >= 0.6 is 0 Å². The summed E-state index contributed by atoms with van der Waals surface area (Å²) in [6.07, 6.45) is 8.57. The highest BCUT2D eigenvalue weighted by Crippen LogP contribution is 2.17. The molecule has 1 N–H and O–H groups in total. The van der Waals surface area contributed by atoms with E-state index in [2.05, 4.69) is 6.92 Å². The van der Waals surface area contributed by atoms with Gasteiger partial charge in [-0.25, -0.2) is 4.39 Å². The third-order valence-corrected chi connectivity index (χ3v) is 3.80. The maximum absolute atomic E-state index is 13.3. The summed E-state index contributed by atoms with van der Waals surface area (Å²) in [6, 6.07) is 6.39. The Bertz CT molecular complexity index is 437. The van der Waals surface area contributed by atoms with Gasteiger partial charge in [0.2, 0.25) is 0 Å². The molecule has 0 saturated heterocycles. The Morgan fingerprint density at radius 2 is 1.77 bits per heavy atom. The summed E-state index contributed by atoms with van der Waals surface area (Å²) in [6.45, 7) is 3.42. The minimum Gasteiger partial charge on any atom is -0.481 e. The Morgan fingerprint density at radius 3 is 2.41 bits per heavy atom. The van der Waals surface area contributed by atoms with Crippen molar-refractivity contribution in [3.05, 3.63) is 30.1 Å². The number of hydrogen-bond donors (Lipinski definition) is 1. The van der Waals surface area contributed by atoms with Gasteiger partial charge in [0.05, 0.1) is 6.42 Å². The predicted octanol–water partition coefficient (Wildman–Crippen LogP) is 4.86. The first kappa shape index (κ1) is 18.5. The number of anilines is 1. The van der Waals surface area contributed by atoms with Crippen molar-refractivity contribution in [3.63, 3.8) is 0 Å². The van der Waals surface area contributed by atoms with Crippen LogP contribution in [0.2, 0.25) is 0 Å². The zero-order valence-corrected chi connectivity index (χ0v) is 13.6. The molecule has 1 rings (SSSR count).